The van der Waals surface area contributed by atoms with Crippen LogP contribution in [0.4, 0.5) is 17.1 Å². The number of hydrogen-bond acceptors (Lipinski definition) is 6. The fourth-order valence-corrected chi connectivity index (χ4v) is 3.64. The van der Waals surface area contributed by atoms with Crippen molar-refractivity contribution in [2.75, 3.05) is 23.3 Å². The molecule has 0 unspecified atom stereocenters. The van der Waals surface area contributed by atoms with Gasteiger partial charge in [-0.2, -0.15) is 0 Å². The van der Waals surface area contributed by atoms with Crippen LogP contribution in [-0.4, -0.2) is 33.5 Å². The van der Waals surface area contributed by atoms with E-state index in [1.54, 1.807) is 0 Å². The molecule has 0 radical (unpaired) electrons. The molecule has 1 N–H and O–H groups in total. The molecule has 154 valence electrons. The van der Waals surface area contributed by atoms with Crippen LogP contribution in [0.3, 0.4) is 0 Å². The van der Waals surface area contributed by atoms with Gasteiger partial charge in [0.2, 0.25) is 5.91 Å². The summed E-state index contributed by atoms with van der Waals surface area (Å²) in [7, 11) is 0. The third kappa shape index (κ3) is 4.14. The van der Waals surface area contributed by atoms with E-state index in [0.29, 0.717) is 5.69 Å². The van der Waals surface area contributed by atoms with Gasteiger partial charge in [-0.15, -0.1) is 0 Å². The SMILES string of the molecule is O=C(Cn1cnc2cc([N+](=O)[O-])ccc2c1=O)Nc1ccc(N2CCCCC2)cc1. The number of nitrogens with zero attached hydrogens (tertiary/aromatic N) is 4. The van der Waals surface area contributed by atoms with Gasteiger partial charge in [0.25, 0.3) is 11.2 Å². The van der Waals surface area contributed by atoms with Crippen molar-refractivity contribution in [1.82, 2.24) is 9.55 Å². The molecule has 1 fully saturated rings. The number of non-ortho nitro benzene ring substituents is 1. The minimum Gasteiger partial charge on any atom is -0.372 e. The number of anilines is 2. The molecule has 4 rings (SSSR count). The third-order valence-corrected chi connectivity index (χ3v) is 5.21. The number of carbonyl (C=O) groups excluding carboxylic acids is 1. The maximum atomic E-state index is 12.6. The fourth-order valence-electron chi connectivity index (χ4n) is 3.64. The summed E-state index contributed by atoms with van der Waals surface area (Å²) >= 11 is 0. The number of fused-ring (bicyclic) bond motifs is 1. The van der Waals surface area contributed by atoms with E-state index in [1.807, 2.05) is 24.3 Å². The maximum absolute atomic E-state index is 12.6. The van der Waals surface area contributed by atoms with Crippen molar-refractivity contribution >= 4 is 33.9 Å². The first kappa shape index (κ1) is 19.6. The molecule has 9 nitrogen and oxygen atoms in total. The van der Waals surface area contributed by atoms with Gasteiger partial charge >= 0.3 is 0 Å². The van der Waals surface area contributed by atoms with Crippen molar-refractivity contribution in [3.05, 3.63) is 69.3 Å². The van der Waals surface area contributed by atoms with E-state index >= 15 is 0 Å². The number of rotatable bonds is 5. The van der Waals surface area contributed by atoms with Gasteiger partial charge in [-0.1, -0.05) is 0 Å². The van der Waals surface area contributed by atoms with Gasteiger partial charge in [-0.05, 0) is 49.6 Å². The highest BCUT2D eigenvalue weighted by molar-refractivity contribution is 5.91. The quantitative estimate of drug-likeness (QED) is 0.514. The lowest BCUT2D eigenvalue weighted by atomic mass is 10.1. The van der Waals surface area contributed by atoms with Crippen LogP contribution in [0.15, 0.2) is 53.6 Å². The number of aromatic nitrogens is 2. The molecular formula is C21H21N5O4. The Kier molecular flexibility index (Phi) is 5.42. The van der Waals surface area contributed by atoms with E-state index in [4.69, 9.17) is 0 Å². The van der Waals surface area contributed by atoms with Crippen molar-refractivity contribution in [3.63, 3.8) is 0 Å². The number of nitrogens with one attached hydrogen (secondary N) is 1. The Morgan fingerprint density at radius 2 is 1.83 bits per heavy atom. The van der Waals surface area contributed by atoms with Gasteiger partial charge in [-0.3, -0.25) is 24.3 Å². The van der Waals surface area contributed by atoms with Crippen LogP contribution in [0.5, 0.6) is 0 Å². The second kappa shape index (κ2) is 8.32. The van der Waals surface area contributed by atoms with Crippen LogP contribution in [-0.2, 0) is 11.3 Å². The van der Waals surface area contributed by atoms with Gasteiger partial charge in [0.1, 0.15) is 6.54 Å². The average Bonchev–Trinajstić information content (AvgIpc) is 2.76. The monoisotopic (exact) mass is 407 g/mol. The zero-order valence-electron chi connectivity index (χ0n) is 16.3. The van der Waals surface area contributed by atoms with Crippen LogP contribution in [0.2, 0.25) is 0 Å². The molecular weight excluding hydrogens is 386 g/mol. The van der Waals surface area contributed by atoms with Crippen LogP contribution in [0, 0.1) is 10.1 Å². The molecule has 1 saturated heterocycles. The predicted octanol–water partition coefficient (Wildman–Crippen LogP) is 2.93. The van der Waals surface area contributed by atoms with Crippen LogP contribution < -0.4 is 15.8 Å². The van der Waals surface area contributed by atoms with Gasteiger partial charge in [0.05, 0.1) is 22.2 Å². The van der Waals surface area contributed by atoms with Gasteiger partial charge in [-0.25, -0.2) is 4.98 Å². The number of piperidine rings is 1. The molecule has 0 bridgehead atoms. The summed E-state index contributed by atoms with van der Waals surface area (Å²) in [6.45, 7) is 1.89. The van der Waals surface area contributed by atoms with E-state index < -0.39 is 10.5 Å². The normalized spacial score (nSPS) is 13.9. The average molecular weight is 407 g/mol. The molecule has 30 heavy (non-hydrogen) atoms. The molecule has 0 aliphatic carbocycles. The Morgan fingerprint density at radius 1 is 1.10 bits per heavy atom. The van der Waals surface area contributed by atoms with Crippen molar-refractivity contribution < 1.29 is 9.72 Å². The number of nitro groups is 1. The van der Waals surface area contributed by atoms with Gasteiger partial charge in [0.15, 0.2) is 0 Å². The summed E-state index contributed by atoms with van der Waals surface area (Å²) in [5.74, 6) is -0.356. The number of amides is 1. The lowest BCUT2D eigenvalue weighted by Crippen LogP contribution is -2.29. The van der Waals surface area contributed by atoms with Crippen molar-refractivity contribution in [2.24, 2.45) is 0 Å². The van der Waals surface area contributed by atoms with Gasteiger partial charge < -0.3 is 10.2 Å². The van der Waals surface area contributed by atoms with E-state index in [1.165, 1.54) is 48.4 Å². The molecule has 2 heterocycles. The van der Waals surface area contributed by atoms with Crippen molar-refractivity contribution in [2.45, 2.75) is 25.8 Å². The molecule has 1 aliphatic heterocycles. The van der Waals surface area contributed by atoms with Crippen LogP contribution in [0.25, 0.3) is 10.9 Å². The Balaban J connectivity index is 1.45. The van der Waals surface area contributed by atoms with E-state index in [-0.39, 0.29) is 29.0 Å². The highest BCUT2D eigenvalue weighted by Gasteiger charge is 2.13. The molecule has 0 spiro atoms. The number of benzene rings is 2. The Labute approximate surface area is 172 Å². The molecule has 1 amide bonds. The second-order valence-corrected chi connectivity index (χ2v) is 7.28. The number of hydrogen-bond donors (Lipinski definition) is 1. The van der Waals surface area contributed by atoms with Crippen LogP contribution in [0.1, 0.15) is 19.3 Å². The zero-order valence-corrected chi connectivity index (χ0v) is 16.3. The first-order chi connectivity index (χ1) is 14.5. The Hall–Kier alpha value is -3.75. The highest BCUT2D eigenvalue weighted by Crippen LogP contribution is 2.22. The molecule has 1 aromatic heterocycles. The smallest absolute Gasteiger partial charge is 0.271 e. The molecule has 9 heteroatoms. The lowest BCUT2D eigenvalue weighted by molar-refractivity contribution is -0.384. The Morgan fingerprint density at radius 3 is 2.53 bits per heavy atom. The standard InChI is InChI=1S/C21H21N5O4/c27-20(23-15-4-6-16(7-5-15)24-10-2-1-3-11-24)13-25-14-22-19-12-17(26(29)30)8-9-18(19)21(25)28/h4-9,12,14H,1-3,10-11,13H2,(H,23,27). The minimum atomic E-state index is -0.545. The number of carbonyl (C=O) groups is 1. The van der Waals surface area contributed by atoms with E-state index in [2.05, 4.69) is 15.2 Å². The second-order valence-electron chi connectivity index (χ2n) is 7.28. The summed E-state index contributed by atoms with van der Waals surface area (Å²) in [5.41, 5.74) is 1.44. The van der Waals surface area contributed by atoms with E-state index in [0.717, 1.165) is 18.8 Å². The minimum absolute atomic E-state index is 0.141. The summed E-state index contributed by atoms with van der Waals surface area (Å²) in [6, 6.07) is 11.5. The van der Waals surface area contributed by atoms with Crippen LogP contribution >= 0.6 is 0 Å². The lowest BCUT2D eigenvalue weighted by Gasteiger charge is -2.28. The maximum Gasteiger partial charge on any atom is 0.271 e. The van der Waals surface area contributed by atoms with Crippen molar-refractivity contribution in [1.29, 1.82) is 0 Å². The molecule has 2 aromatic carbocycles. The summed E-state index contributed by atoms with van der Waals surface area (Å²) < 4.78 is 1.19. The topological polar surface area (TPSA) is 110 Å². The highest BCUT2D eigenvalue weighted by atomic mass is 16.6. The zero-order chi connectivity index (χ0) is 21.1. The summed E-state index contributed by atoms with van der Waals surface area (Å²) in [5, 5.41) is 13.9. The molecule has 0 saturated carbocycles. The first-order valence-electron chi connectivity index (χ1n) is 9.80. The largest absolute Gasteiger partial charge is 0.372 e. The molecule has 3 aromatic rings. The number of nitro benzene ring substituents is 1. The fraction of sp³-hybridized carbons (Fsp3) is 0.286. The third-order valence-electron chi connectivity index (χ3n) is 5.21. The van der Waals surface area contributed by atoms with E-state index in [9.17, 15) is 19.7 Å². The van der Waals surface area contributed by atoms with Gasteiger partial charge in [0, 0.05) is 36.6 Å². The summed E-state index contributed by atoms with van der Waals surface area (Å²) in [6.07, 6.45) is 4.89. The Bertz CT molecular complexity index is 1150. The summed E-state index contributed by atoms with van der Waals surface area (Å²) in [4.78, 5) is 41.7. The first-order valence-corrected chi connectivity index (χ1v) is 9.80. The molecule has 0 atom stereocenters. The molecule has 1 aliphatic rings. The predicted molar refractivity (Wildman–Crippen MR) is 114 cm³/mol. The van der Waals surface area contributed by atoms with Crippen molar-refractivity contribution in [3.8, 4) is 0 Å².